The summed E-state index contributed by atoms with van der Waals surface area (Å²) in [5.41, 5.74) is 6.79. The van der Waals surface area contributed by atoms with Crippen molar-refractivity contribution in [3.05, 3.63) is 112 Å². The highest BCUT2D eigenvalue weighted by atomic mass is 16.5. The van der Waals surface area contributed by atoms with Crippen LogP contribution in [0.2, 0.25) is 0 Å². The van der Waals surface area contributed by atoms with Gasteiger partial charge < -0.3 is 4.74 Å². The van der Waals surface area contributed by atoms with Crippen LogP contribution in [0.15, 0.2) is 78.9 Å². The van der Waals surface area contributed by atoms with E-state index in [9.17, 15) is 4.79 Å². The van der Waals surface area contributed by atoms with E-state index in [2.05, 4.69) is 24.3 Å². The van der Waals surface area contributed by atoms with Gasteiger partial charge in [0.2, 0.25) is 0 Å². The molecule has 5 rings (SSSR count). The lowest BCUT2D eigenvalue weighted by Gasteiger charge is -2.12. The molecule has 0 saturated heterocycles. The topological polar surface area (TPSA) is 63.0 Å². The number of nitriles is 1. The summed E-state index contributed by atoms with van der Waals surface area (Å²) in [7, 11) is 0. The summed E-state index contributed by atoms with van der Waals surface area (Å²) in [5, 5.41) is 9.91. The van der Waals surface area contributed by atoms with E-state index in [1.54, 1.807) is 18.2 Å². The Kier molecular flexibility index (Phi) is 5.23. The summed E-state index contributed by atoms with van der Waals surface area (Å²) in [6.07, 6.45) is 3.73. The molecule has 3 aromatic carbocycles. The molecule has 0 atom stereocenters. The third kappa shape index (κ3) is 3.77. The fourth-order valence-electron chi connectivity index (χ4n) is 4.21. The average Bonchev–Trinajstić information content (AvgIpc) is 3.23. The summed E-state index contributed by atoms with van der Waals surface area (Å²) < 4.78 is 5.70. The molecule has 1 heterocycles. The molecule has 4 nitrogen and oxygen atoms in total. The van der Waals surface area contributed by atoms with Crippen molar-refractivity contribution >= 4 is 28.5 Å². The number of fused-ring (bicyclic) bond motifs is 2. The minimum atomic E-state index is -0.358. The molecule has 154 valence electrons. The quantitative estimate of drug-likeness (QED) is 0.386. The summed E-state index contributed by atoms with van der Waals surface area (Å²) in [5.74, 6) is -0.358. The summed E-state index contributed by atoms with van der Waals surface area (Å²) in [6, 6.07) is 27.1. The van der Waals surface area contributed by atoms with Crippen molar-refractivity contribution in [3.8, 4) is 6.07 Å². The van der Waals surface area contributed by atoms with Crippen molar-refractivity contribution in [2.45, 2.75) is 19.4 Å². The average molecular weight is 416 g/mol. The van der Waals surface area contributed by atoms with Crippen molar-refractivity contribution in [2.75, 3.05) is 0 Å². The maximum absolute atomic E-state index is 13.3. The van der Waals surface area contributed by atoms with E-state index in [-0.39, 0.29) is 12.6 Å². The van der Waals surface area contributed by atoms with Gasteiger partial charge in [0, 0.05) is 5.39 Å². The lowest BCUT2D eigenvalue weighted by atomic mass is 10.0. The van der Waals surface area contributed by atoms with Gasteiger partial charge in [0.05, 0.1) is 28.4 Å². The van der Waals surface area contributed by atoms with Crippen LogP contribution in [0.5, 0.6) is 0 Å². The highest BCUT2D eigenvalue weighted by molar-refractivity contribution is 6.07. The van der Waals surface area contributed by atoms with E-state index in [4.69, 9.17) is 15.0 Å². The smallest absolute Gasteiger partial charge is 0.339 e. The van der Waals surface area contributed by atoms with Gasteiger partial charge in [-0.2, -0.15) is 5.26 Å². The minimum Gasteiger partial charge on any atom is -0.457 e. The molecule has 0 saturated carbocycles. The van der Waals surface area contributed by atoms with Crippen LogP contribution < -0.4 is 0 Å². The Morgan fingerprint density at radius 2 is 1.81 bits per heavy atom. The van der Waals surface area contributed by atoms with Gasteiger partial charge in [0.15, 0.2) is 0 Å². The van der Waals surface area contributed by atoms with Crippen LogP contribution >= 0.6 is 0 Å². The van der Waals surface area contributed by atoms with Gasteiger partial charge in [-0.25, -0.2) is 9.78 Å². The Bertz CT molecular complexity index is 1400. The van der Waals surface area contributed by atoms with Crippen molar-refractivity contribution in [1.29, 1.82) is 5.26 Å². The standard InChI is InChI=1S/C28H20N2O2/c29-17-20-9-6-10-21(15-20)18-32-28(31)26-23-11-4-5-12-25(23)30-27-22(13-14-24(26)27)16-19-7-2-1-3-8-19/h1-12,15-16H,13-14,18H2/b22-16+. The first kappa shape index (κ1) is 19.7. The second-order valence-electron chi connectivity index (χ2n) is 7.80. The van der Waals surface area contributed by atoms with Crippen LogP contribution in [0, 0.1) is 11.3 Å². The minimum absolute atomic E-state index is 0.118. The normalized spacial score (nSPS) is 13.7. The van der Waals surface area contributed by atoms with E-state index >= 15 is 0 Å². The van der Waals surface area contributed by atoms with Crippen molar-refractivity contribution in [2.24, 2.45) is 0 Å². The molecule has 32 heavy (non-hydrogen) atoms. The molecule has 1 aromatic heterocycles. The van der Waals surface area contributed by atoms with E-state index in [0.717, 1.165) is 51.7 Å². The molecule has 1 aliphatic carbocycles. The molecule has 0 fully saturated rings. The molecule has 1 aliphatic rings. The Morgan fingerprint density at radius 1 is 1.00 bits per heavy atom. The number of benzene rings is 3. The van der Waals surface area contributed by atoms with Gasteiger partial charge >= 0.3 is 5.97 Å². The largest absolute Gasteiger partial charge is 0.457 e. The zero-order valence-corrected chi connectivity index (χ0v) is 17.4. The van der Waals surface area contributed by atoms with E-state index in [1.807, 2.05) is 48.5 Å². The van der Waals surface area contributed by atoms with Crippen molar-refractivity contribution in [3.63, 3.8) is 0 Å². The van der Waals surface area contributed by atoms with Crippen LogP contribution in [0.1, 0.15) is 44.7 Å². The zero-order valence-electron chi connectivity index (χ0n) is 17.4. The highest BCUT2D eigenvalue weighted by Gasteiger charge is 2.27. The van der Waals surface area contributed by atoms with Gasteiger partial charge in [0.1, 0.15) is 6.61 Å². The van der Waals surface area contributed by atoms with Gasteiger partial charge in [-0.05, 0) is 59.4 Å². The van der Waals surface area contributed by atoms with Crippen LogP contribution in [0.4, 0.5) is 0 Å². The molecule has 0 N–H and O–H groups in total. The van der Waals surface area contributed by atoms with Crippen LogP contribution in [0.25, 0.3) is 22.6 Å². The molecule has 0 amide bonds. The molecule has 0 spiro atoms. The predicted molar refractivity (Wildman–Crippen MR) is 125 cm³/mol. The summed E-state index contributed by atoms with van der Waals surface area (Å²) in [4.78, 5) is 18.2. The Labute approximate surface area is 186 Å². The van der Waals surface area contributed by atoms with E-state index in [1.165, 1.54) is 0 Å². The van der Waals surface area contributed by atoms with Crippen LogP contribution in [0.3, 0.4) is 0 Å². The number of allylic oxidation sites excluding steroid dienone is 1. The molecular weight excluding hydrogens is 396 g/mol. The lowest BCUT2D eigenvalue weighted by Crippen LogP contribution is -2.10. The first-order chi connectivity index (χ1) is 15.7. The highest BCUT2D eigenvalue weighted by Crippen LogP contribution is 2.37. The second-order valence-corrected chi connectivity index (χ2v) is 7.80. The second kappa shape index (κ2) is 8.49. The third-order valence-corrected chi connectivity index (χ3v) is 5.71. The Morgan fingerprint density at radius 3 is 2.66 bits per heavy atom. The van der Waals surface area contributed by atoms with Gasteiger partial charge in [-0.3, -0.25) is 0 Å². The maximum atomic E-state index is 13.3. The first-order valence-electron chi connectivity index (χ1n) is 10.6. The molecule has 0 radical (unpaired) electrons. The number of hydrogen-bond acceptors (Lipinski definition) is 4. The number of para-hydroxylation sites is 1. The maximum Gasteiger partial charge on any atom is 0.339 e. The van der Waals surface area contributed by atoms with E-state index in [0.29, 0.717) is 11.1 Å². The number of ether oxygens (including phenoxy) is 1. The third-order valence-electron chi connectivity index (χ3n) is 5.71. The fourth-order valence-corrected chi connectivity index (χ4v) is 4.21. The fraction of sp³-hybridized carbons (Fsp3) is 0.107. The van der Waals surface area contributed by atoms with Gasteiger partial charge in [-0.15, -0.1) is 0 Å². The first-order valence-corrected chi connectivity index (χ1v) is 10.6. The predicted octanol–water partition coefficient (Wildman–Crippen LogP) is 5.95. The molecule has 4 aromatic rings. The molecular formula is C28H20N2O2. The molecule has 0 unspecified atom stereocenters. The number of esters is 1. The molecule has 0 bridgehead atoms. The number of carbonyl (C=O) groups is 1. The zero-order chi connectivity index (χ0) is 21.9. The summed E-state index contributed by atoms with van der Waals surface area (Å²) >= 11 is 0. The number of nitrogens with zero attached hydrogens (tertiary/aromatic N) is 2. The lowest BCUT2D eigenvalue weighted by molar-refractivity contribution is 0.0474. The van der Waals surface area contributed by atoms with Crippen molar-refractivity contribution < 1.29 is 9.53 Å². The van der Waals surface area contributed by atoms with Gasteiger partial charge in [-0.1, -0.05) is 60.7 Å². The molecule has 4 heteroatoms. The van der Waals surface area contributed by atoms with Gasteiger partial charge in [0.25, 0.3) is 0 Å². The molecule has 0 aliphatic heterocycles. The monoisotopic (exact) mass is 416 g/mol. The Hall–Kier alpha value is -4.23. The number of rotatable bonds is 4. The van der Waals surface area contributed by atoms with Crippen LogP contribution in [-0.2, 0) is 17.8 Å². The van der Waals surface area contributed by atoms with Crippen molar-refractivity contribution in [1.82, 2.24) is 4.98 Å². The SMILES string of the molecule is N#Cc1cccc(COC(=O)c2c3c(nc4ccccc24)/C(=C/c2ccccc2)CC3)c1. The summed E-state index contributed by atoms with van der Waals surface area (Å²) in [6.45, 7) is 0.118. The Balaban J connectivity index is 1.53. The number of pyridine rings is 1. The number of carbonyl (C=O) groups excluding carboxylic acids is 1. The number of hydrogen-bond donors (Lipinski definition) is 0. The van der Waals surface area contributed by atoms with Crippen LogP contribution in [-0.4, -0.2) is 11.0 Å². The number of aromatic nitrogens is 1. The van der Waals surface area contributed by atoms with E-state index < -0.39 is 0 Å².